The van der Waals surface area contributed by atoms with Gasteiger partial charge in [0, 0.05) is 19.0 Å². The molecule has 0 saturated heterocycles. The Hall–Kier alpha value is -2.82. The molecule has 1 atom stereocenters. The molecule has 3 rings (SSSR count). The van der Waals surface area contributed by atoms with Crippen LogP contribution in [0.4, 0.5) is 4.79 Å². The fourth-order valence-corrected chi connectivity index (χ4v) is 3.97. The molecule has 1 aliphatic carbocycles. The van der Waals surface area contributed by atoms with Crippen molar-refractivity contribution in [3.63, 3.8) is 0 Å². The average molecular weight is 381 g/mol. The van der Waals surface area contributed by atoms with Gasteiger partial charge in [-0.1, -0.05) is 62.4 Å². The lowest BCUT2D eigenvalue weighted by Crippen LogP contribution is -2.40. The summed E-state index contributed by atoms with van der Waals surface area (Å²) >= 11 is 0. The van der Waals surface area contributed by atoms with Crippen LogP contribution in [0.3, 0.4) is 0 Å². The number of carbonyl (C=O) groups excluding carboxylic acids is 1. The van der Waals surface area contributed by atoms with Crippen LogP contribution in [0.25, 0.3) is 11.1 Å². The Morgan fingerprint density at radius 3 is 2.07 bits per heavy atom. The largest absolute Gasteiger partial charge is 0.481 e. The number of hydrogen-bond acceptors (Lipinski definition) is 3. The third-order valence-electron chi connectivity index (χ3n) is 5.33. The van der Waals surface area contributed by atoms with Gasteiger partial charge in [-0.15, -0.1) is 0 Å². The van der Waals surface area contributed by atoms with Gasteiger partial charge in [-0.05, 0) is 34.6 Å². The van der Waals surface area contributed by atoms with Gasteiger partial charge >= 0.3 is 12.1 Å². The minimum atomic E-state index is -0.913. The van der Waals surface area contributed by atoms with Crippen molar-refractivity contribution in [2.45, 2.75) is 38.6 Å². The van der Waals surface area contributed by atoms with Crippen molar-refractivity contribution in [2.75, 3.05) is 13.7 Å². The minimum absolute atomic E-state index is 0.00669. The highest BCUT2D eigenvalue weighted by atomic mass is 16.6. The van der Waals surface area contributed by atoms with E-state index in [0.29, 0.717) is 6.42 Å². The lowest BCUT2D eigenvalue weighted by molar-refractivity contribution is -0.138. The number of ether oxygens (including phenoxy) is 1. The van der Waals surface area contributed by atoms with Gasteiger partial charge in [-0.3, -0.25) is 4.79 Å². The van der Waals surface area contributed by atoms with Crippen molar-refractivity contribution >= 4 is 12.1 Å². The molecule has 0 heterocycles. The Bertz CT molecular complexity index is 816. The first-order chi connectivity index (χ1) is 13.4. The summed E-state index contributed by atoms with van der Waals surface area (Å²) in [6.07, 6.45) is 0.0556. The Kier molecular flexibility index (Phi) is 6.02. The number of nitrogens with zero attached hydrogens (tertiary/aromatic N) is 1. The van der Waals surface area contributed by atoms with Gasteiger partial charge < -0.3 is 14.7 Å². The van der Waals surface area contributed by atoms with Gasteiger partial charge in [0.05, 0.1) is 6.42 Å². The summed E-state index contributed by atoms with van der Waals surface area (Å²) in [5.74, 6) is -0.634. The van der Waals surface area contributed by atoms with E-state index in [1.165, 1.54) is 16.0 Å². The molecule has 1 aliphatic rings. The molecule has 0 unspecified atom stereocenters. The van der Waals surface area contributed by atoms with E-state index < -0.39 is 12.1 Å². The molecule has 0 radical (unpaired) electrons. The van der Waals surface area contributed by atoms with Gasteiger partial charge in [0.25, 0.3) is 0 Å². The maximum Gasteiger partial charge on any atom is 0.409 e. The fourth-order valence-electron chi connectivity index (χ4n) is 3.97. The Morgan fingerprint density at radius 1 is 1.04 bits per heavy atom. The normalized spacial score (nSPS) is 13.7. The second kappa shape index (κ2) is 8.46. The molecule has 0 aliphatic heterocycles. The number of amides is 1. The van der Waals surface area contributed by atoms with E-state index in [1.807, 2.05) is 38.1 Å². The summed E-state index contributed by atoms with van der Waals surface area (Å²) in [6, 6.07) is 16.0. The lowest BCUT2D eigenvalue weighted by atomic mass is 9.98. The number of fused-ring (bicyclic) bond motifs is 3. The molecule has 0 spiro atoms. The standard InChI is InChI=1S/C23H27NO4/c1-15(2)12-16(13-22(25)26)24(3)23(27)28-14-21-19-10-6-4-8-17(19)18-9-5-7-11-20(18)21/h4-11,15-16,21H,12-14H2,1-3H3,(H,25,26)/t16-/m1/s1. The molecule has 5 nitrogen and oxygen atoms in total. The first-order valence-electron chi connectivity index (χ1n) is 9.68. The molecular weight excluding hydrogens is 354 g/mol. The van der Waals surface area contributed by atoms with Gasteiger partial charge in [-0.25, -0.2) is 4.79 Å². The molecule has 5 heteroatoms. The SMILES string of the molecule is CC(C)C[C@H](CC(=O)O)N(C)C(=O)OCC1c2ccccc2-c2ccccc21. The van der Waals surface area contributed by atoms with Crippen molar-refractivity contribution in [1.29, 1.82) is 0 Å². The van der Waals surface area contributed by atoms with Crippen LogP contribution < -0.4 is 0 Å². The maximum absolute atomic E-state index is 12.6. The zero-order valence-electron chi connectivity index (χ0n) is 16.6. The molecule has 1 N–H and O–H groups in total. The Labute approximate surface area is 165 Å². The summed E-state index contributed by atoms with van der Waals surface area (Å²) in [6.45, 7) is 4.26. The van der Waals surface area contributed by atoms with Crippen LogP contribution in [0.1, 0.15) is 43.7 Å². The van der Waals surface area contributed by atoms with Crippen LogP contribution in [-0.2, 0) is 9.53 Å². The van der Waals surface area contributed by atoms with Crippen LogP contribution in [0.5, 0.6) is 0 Å². The zero-order chi connectivity index (χ0) is 20.3. The Balaban J connectivity index is 1.72. The monoisotopic (exact) mass is 381 g/mol. The smallest absolute Gasteiger partial charge is 0.409 e. The number of hydrogen-bond donors (Lipinski definition) is 1. The van der Waals surface area contributed by atoms with Crippen molar-refractivity contribution in [1.82, 2.24) is 4.90 Å². The quantitative estimate of drug-likeness (QED) is 0.751. The summed E-state index contributed by atoms with van der Waals surface area (Å²) < 4.78 is 5.64. The molecule has 0 saturated carbocycles. The van der Waals surface area contributed by atoms with E-state index in [0.717, 1.165) is 11.1 Å². The van der Waals surface area contributed by atoms with Crippen molar-refractivity contribution in [3.05, 3.63) is 59.7 Å². The van der Waals surface area contributed by atoms with Crippen molar-refractivity contribution in [2.24, 2.45) is 5.92 Å². The number of carboxylic acids is 1. The molecule has 2 aromatic rings. The maximum atomic E-state index is 12.6. The molecule has 2 aromatic carbocycles. The number of aliphatic carboxylic acids is 1. The van der Waals surface area contributed by atoms with E-state index in [2.05, 4.69) is 24.3 Å². The molecule has 1 amide bonds. The predicted octanol–water partition coefficient (Wildman–Crippen LogP) is 4.76. The van der Waals surface area contributed by atoms with Gasteiger partial charge in [0.2, 0.25) is 0 Å². The second-order valence-corrected chi connectivity index (χ2v) is 7.80. The third kappa shape index (κ3) is 4.19. The molecular formula is C23H27NO4. The molecule has 0 aromatic heterocycles. The fraction of sp³-hybridized carbons (Fsp3) is 0.391. The summed E-state index contributed by atoms with van der Waals surface area (Å²) in [4.78, 5) is 25.3. The highest BCUT2D eigenvalue weighted by Crippen LogP contribution is 2.44. The number of benzene rings is 2. The van der Waals surface area contributed by atoms with Crippen molar-refractivity contribution in [3.8, 4) is 11.1 Å². The highest BCUT2D eigenvalue weighted by Gasteiger charge is 2.30. The minimum Gasteiger partial charge on any atom is -0.481 e. The van der Waals surface area contributed by atoms with Gasteiger partial charge in [-0.2, -0.15) is 0 Å². The van der Waals surface area contributed by atoms with Crippen LogP contribution >= 0.6 is 0 Å². The topological polar surface area (TPSA) is 66.8 Å². The van der Waals surface area contributed by atoms with Gasteiger partial charge in [0.1, 0.15) is 6.61 Å². The predicted molar refractivity (Wildman–Crippen MR) is 108 cm³/mol. The van der Waals surface area contributed by atoms with Crippen LogP contribution in [0, 0.1) is 5.92 Å². The Morgan fingerprint density at radius 2 is 1.57 bits per heavy atom. The molecule has 28 heavy (non-hydrogen) atoms. The highest BCUT2D eigenvalue weighted by molar-refractivity contribution is 5.79. The molecule has 0 fully saturated rings. The van der Waals surface area contributed by atoms with Crippen LogP contribution in [0.15, 0.2) is 48.5 Å². The van der Waals surface area contributed by atoms with E-state index >= 15 is 0 Å². The summed E-state index contributed by atoms with van der Waals surface area (Å²) in [5.41, 5.74) is 4.67. The lowest BCUT2D eigenvalue weighted by Gasteiger charge is -2.28. The number of rotatable bonds is 7. The zero-order valence-corrected chi connectivity index (χ0v) is 16.6. The summed E-state index contributed by atoms with van der Waals surface area (Å²) in [5, 5.41) is 9.17. The third-order valence-corrected chi connectivity index (χ3v) is 5.33. The van der Waals surface area contributed by atoms with Crippen LogP contribution in [-0.4, -0.2) is 41.8 Å². The average Bonchev–Trinajstić information content (AvgIpc) is 2.98. The first kappa shape index (κ1) is 19.9. The van der Waals surface area contributed by atoms with Crippen molar-refractivity contribution < 1.29 is 19.4 Å². The summed E-state index contributed by atoms with van der Waals surface area (Å²) in [7, 11) is 1.62. The van der Waals surface area contributed by atoms with E-state index in [1.54, 1.807) is 7.05 Å². The number of carboxylic acid groups (broad SMARTS) is 1. The number of carbonyl (C=O) groups is 2. The van der Waals surface area contributed by atoms with Crippen LogP contribution in [0.2, 0.25) is 0 Å². The first-order valence-corrected chi connectivity index (χ1v) is 9.68. The van der Waals surface area contributed by atoms with E-state index in [4.69, 9.17) is 9.84 Å². The van der Waals surface area contributed by atoms with Gasteiger partial charge in [0.15, 0.2) is 0 Å². The van der Waals surface area contributed by atoms with E-state index in [9.17, 15) is 9.59 Å². The van der Waals surface area contributed by atoms with E-state index in [-0.39, 0.29) is 30.9 Å². The molecule has 0 bridgehead atoms. The molecule has 148 valence electrons. The second-order valence-electron chi connectivity index (χ2n) is 7.80.